The van der Waals surface area contributed by atoms with Crippen molar-refractivity contribution in [1.82, 2.24) is 9.80 Å². The van der Waals surface area contributed by atoms with Gasteiger partial charge in [0, 0.05) is 26.2 Å². The van der Waals surface area contributed by atoms with Gasteiger partial charge in [0.15, 0.2) is 0 Å². The topological polar surface area (TPSA) is 188 Å². The van der Waals surface area contributed by atoms with Crippen LogP contribution in [0.25, 0.3) is 0 Å². The Bertz CT molecular complexity index is 91.1. The van der Waals surface area contributed by atoms with Crippen LogP contribution in [0.2, 0.25) is 0 Å². The van der Waals surface area contributed by atoms with Gasteiger partial charge in [-0.15, -0.1) is 0 Å². The molecule has 0 heterocycles. The molecular weight excluding hydrogens is 346 g/mol. The molecule has 0 aromatic heterocycles. The van der Waals surface area contributed by atoms with Crippen molar-refractivity contribution in [3.8, 4) is 0 Å². The summed E-state index contributed by atoms with van der Waals surface area (Å²) in [4.78, 5) is 4.11. The van der Waals surface area contributed by atoms with Crippen molar-refractivity contribution in [1.29, 1.82) is 0 Å². The fraction of sp³-hybridized carbons (Fsp3) is 1.00. The molecular formula is C8H34Cl2N4NiO4+2. The van der Waals surface area contributed by atoms with E-state index in [0.29, 0.717) is 0 Å². The van der Waals surface area contributed by atoms with Crippen LogP contribution in [0.1, 0.15) is 0 Å². The molecule has 0 spiro atoms. The molecule has 19 heavy (non-hydrogen) atoms. The Labute approximate surface area is 139 Å². The maximum absolute atomic E-state index is 5.19. The molecule has 0 unspecified atom stereocenters. The fourth-order valence-electron chi connectivity index (χ4n) is 0.516. The summed E-state index contributed by atoms with van der Waals surface area (Å²) >= 11 is 0. The first-order valence-corrected chi connectivity index (χ1v) is 4.24. The first-order valence-electron chi connectivity index (χ1n) is 4.24. The Kier molecular flexibility index (Phi) is 162. The minimum Gasteiger partial charge on any atom is -1.00 e. The number of nitrogens with zero attached hydrogens (tertiary/aromatic N) is 2. The standard InChI is InChI=1S/2C4H12N2.2ClH.Ni.4H2O/c2*1-6(2)4-3-5;;;;;;;/h2*3-5H2,1-2H3;2*1H;;4*1H2/q;;;;+2;;;;. The second-order valence-corrected chi connectivity index (χ2v) is 3.18. The largest absolute Gasteiger partial charge is 2.00 e. The predicted octanol–water partition coefficient (Wildman–Crippen LogP) is -10.5. The minimum atomic E-state index is 0. The summed E-state index contributed by atoms with van der Waals surface area (Å²) in [5, 5.41) is 0. The SMILES string of the molecule is CN(C)CCN.CN(C)CCN.O.O.[Cl-].[Cl-].[Ni+2].[OH3+].[OH3+]. The van der Waals surface area contributed by atoms with Gasteiger partial charge in [-0.05, 0) is 28.2 Å². The van der Waals surface area contributed by atoms with E-state index in [1.54, 1.807) is 0 Å². The fourth-order valence-corrected chi connectivity index (χ4v) is 0.516. The number of hydrogen-bond acceptors (Lipinski definition) is 4. The zero-order valence-electron chi connectivity index (χ0n) is 12.1. The second kappa shape index (κ2) is 51.1. The van der Waals surface area contributed by atoms with Crippen LogP contribution in [0, 0.1) is 0 Å². The number of hydrogen-bond donors (Lipinski definition) is 2. The van der Waals surface area contributed by atoms with Crippen molar-refractivity contribution in [3.63, 3.8) is 0 Å². The van der Waals surface area contributed by atoms with Crippen LogP contribution in [-0.4, -0.2) is 75.1 Å². The Morgan fingerprint density at radius 1 is 0.684 bits per heavy atom. The molecule has 0 saturated heterocycles. The van der Waals surface area contributed by atoms with Gasteiger partial charge >= 0.3 is 16.5 Å². The van der Waals surface area contributed by atoms with Crippen LogP contribution >= 0.6 is 0 Å². The van der Waals surface area contributed by atoms with Crippen molar-refractivity contribution in [3.05, 3.63) is 0 Å². The number of likely N-dealkylation sites (N-methyl/N-ethyl adjacent to an activating group) is 2. The van der Waals surface area contributed by atoms with E-state index in [9.17, 15) is 0 Å². The molecule has 0 aliphatic rings. The Morgan fingerprint density at radius 3 is 0.842 bits per heavy atom. The van der Waals surface area contributed by atoms with E-state index >= 15 is 0 Å². The van der Waals surface area contributed by atoms with Gasteiger partial charge in [-0.25, -0.2) is 0 Å². The summed E-state index contributed by atoms with van der Waals surface area (Å²) in [5.74, 6) is 0. The van der Waals surface area contributed by atoms with E-state index in [4.69, 9.17) is 11.5 Å². The third kappa shape index (κ3) is 115. The van der Waals surface area contributed by atoms with Gasteiger partial charge < -0.3 is 68.0 Å². The number of rotatable bonds is 4. The van der Waals surface area contributed by atoms with Crippen molar-refractivity contribution in [2.75, 3.05) is 54.4 Å². The van der Waals surface area contributed by atoms with E-state index in [2.05, 4.69) is 9.80 Å². The molecule has 0 atom stereocenters. The quantitative estimate of drug-likeness (QED) is 0.362. The molecule has 0 aromatic carbocycles. The van der Waals surface area contributed by atoms with Gasteiger partial charge in [-0.1, -0.05) is 0 Å². The van der Waals surface area contributed by atoms with Gasteiger partial charge in [0.25, 0.3) is 0 Å². The maximum atomic E-state index is 5.19. The van der Waals surface area contributed by atoms with Crippen LogP contribution < -0.4 is 36.3 Å². The van der Waals surface area contributed by atoms with Gasteiger partial charge in [0.05, 0.1) is 0 Å². The van der Waals surface area contributed by atoms with Crippen LogP contribution in [-0.2, 0) is 27.4 Å². The van der Waals surface area contributed by atoms with Gasteiger partial charge in [0.2, 0.25) is 0 Å². The van der Waals surface area contributed by atoms with Crippen LogP contribution in [0.5, 0.6) is 0 Å². The molecule has 8 nitrogen and oxygen atoms in total. The number of halogens is 2. The molecule has 0 aromatic rings. The third-order valence-electron chi connectivity index (χ3n) is 1.15. The first kappa shape index (κ1) is 60.1. The van der Waals surface area contributed by atoms with Crippen molar-refractivity contribution in [2.24, 2.45) is 11.5 Å². The summed E-state index contributed by atoms with van der Waals surface area (Å²) in [7, 11) is 8.03. The Balaban J connectivity index is -0.0000000110. The van der Waals surface area contributed by atoms with Crippen LogP contribution in [0.15, 0.2) is 0 Å². The minimum absolute atomic E-state index is 0. The van der Waals surface area contributed by atoms with Gasteiger partial charge in [-0.3, -0.25) is 0 Å². The van der Waals surface area contributed by atoms with Gasteiger partial charge in [0.1, 0.15) is 0 Å². The molecule has 0 amide bonds. The normalized spacial score (nSPS) is 6.32. The third-order valence-corrected chi connectivity index (χ3v) is 1.15. The van der Waals surface area contributed by atoms with E-state index in [-0.39, 0.29) is 63.2 Å². The van der Waals surface area contributed by atoms with Crippen LogP contribution in [0.4, 0.5) is 0 Å². The average Bonchev–Trinajstić information content (AvgIpc) is 1.87. The Hall–Kier alpha value is 0.754. The molecule has 0 aliphatic heterocycles. The van der Waals surface area contributed by atoms with Crippen molar-refractivity contribution >= 4 is 0 Å². The summed E-state index contributed by atoms with van der Waals surface area (Å²) in [6.07, 6.45) is 0. The molecule has 0 fully saturated rings. The molecule has 0 saturated carbocycles. The van der Waals surface area contributed by atoms with Gasteiger partial charge in [-0.2, -0.15) is 0 Å². The predicted molar refractivity (Wildman–Crippen MR) is 72.2 cm³/mol. The molecule has 0 radical (unpaired) electrons. The van der Waals surface area contributed by atoms with Crippen LogP contribution in [0.3, 0.4) is 0 Å². The van der Waals surface area contributed by atoms with E-state index in [1.807, 2.05) is 28.2 Å². The van der Waals surface area contributed by atoms with E-state index < -0.39 is 0 Å². The molecule has 11 heteroatoms. The molecule has 132 valence electrons. The zero-order valence-corrected chi connectivity index (χ0v) is 14.6. The number of nitrogens with two attached hydrogens (primary N) is 2. The monoisotopic (exact) mass is 378 g/mol. The summed E-state index contributed by atoms with van der Waals surface area (Å²) in [6, 6.07) is 0. The molecule has 0 bridgehead atoms. The first-order chi connectivity index (χ1) is 5.54. The molecule has 14 N–H and O–H groups in total. The summed E-state index contributed by atoms with van der Waals surface area (Å²) < 4.78 is 0. The zero-order chi connectivity index (χ0) is 9.98. The van der Waals surface area contributed by atoms with Crippen molar-refractivity contribution < 1.29 is 63.2 Å². The maximum Gasteiger partial charge on any atom is 2.00 e. The Morgan fingerprint density at radius 2 is 0.842 bits per heavy atom. The average molecular weight is 380 g/mol. The smallest absolute Gasteiger partial charge is 1.00 e. The van der Waals surface area contributed by atoms with E-state index in [0.717, 1.165) is 26.2 Å². The second-order valence-electron chi connectivity index (χ2n) is 3.18. The van der Waals surface area contributed by atoms with Crippen molar-refractivity contribution in [2.45, 2.75) is 0 Å². The summed E-state index contributed by atoms with van der Waals surface area (Å²) in [5.41, 5.74) is 10.4. The molecule has 0 aliphatic carbocycles. The van der Waals surface area contributed by atoms with E-state index in [1.165, 1.54) is 0 Å². The molecule has 0 rings (SSSR count). The summed E-state index contributed by atoms with van der Waals surface area (Å²) in [6.45, 7) is 3.49.